The van der Waals surface area contributed by atoms with Gasteiger partial charge in [0.25, 0.3) is 0 Å². The van der Waals surface area contributed by atoms with Crippen molar-refractivity contribution in [3.63, 3.8) is 0 Å². The van der Waals surface area contributed by atoms with E-state index >= 15 is 0 Å². The van der Waals surface area contributed by atoms with Crippen LogP contribution in [0.15, 0.2) is 18.2 Å². The van der Waals surface area contributed by atoms with Gasteiger partial charge in [-0.15, -0.1) is 0 Å². The summed E-state index contributed by atoms with van der Waals surface area (Å²) in [5, 5.41) is 0.523. The smallest absolute Gasteiger partial charge is 0.240 e. The first-order valence-electron chi connectivity index (χ1n) is 10.7. The molecule has 1 aromatic rings. The van der Waals surface area contributed by atoms with Crippen molar-refractivity contribution in [1.82, 2.24) is 14.7 Å². The van der Waals surface area contributed by atoms with E-state index in [-0.39, 0.29) is 11.9 Å². The number of halogens is 1. The van der Waals surface area contributed by atoms with Gasteiger partial charge in [0.1, 0.15) is 5.75 Å². The lowest BCUT2D eigenvalue weighted by molar-refractivity contribution is -0.132. The number of likely N-dealkylation sites (tertiary alicyclic amines) is 1. The highest BCUT2D eigenvalue weighted by molar-refractivity contribution is 6.32. The first-order valence-corrected chi connectivity index (χ1v) is 11.1. The number of carbonyl (C=O) groups is 2. The van der Waals surface area contributed by atoms with Gasteiger partial charge in [0.15, 0.2) is 0 Å². The third-order valence-electron chi connectivity index (χ3n) is 6.34. The summed E-state index contributed by atoms with van der Waals surface area (Å²) >= 11 is 6.18. The van der Waals surface area contributed by atoms with Gasteiger partial charge in [-0.05, 0) is 49.3 Å². The van der Waals surface area contributed by atoms with Crippen LogP contribution in [0.4, 0.5) is 0 Å². The van der Waals surface area contributed by atoms with E-state index < -0.39 is 0 Å². The molecule has 2 saturated heterocycles. The van der Waals surface area contributed by atoms with Gasteiger partial charge in [0.2, 0.25) is 11.8 Å². The van der Waals surface area contributed by atoms with Gasteiger partial charge in [-0.2, -0.15) is 0 Å². The molecular formula is C22H30ClN3O3. The Morgan fingerprint density at radius 2 is 1.97 bits per heavy atom. The van der Waals surface area contributed by atoms with Crippen molar-refractivity contribution in [3.05, 3.63) is 28.8 Å². The van der Waals surface area contributed by atoms with Crippen molar-refractivity contribution in [1.29, 1.82) is 0 Å². The Balaban J connectivity index is 1.31. The Morgan fingerprint density at radius 1 is 1.14 bits per heavy atom. The quantitative estimate of drug-likeness (QED) is 0.710. The third kappa shape index (κ3) is 4.86. The normalized spacial score (nSPS) is 23.4. The lowest BCUT2D eigenvalue weighted by atomic mass is 10.1. The molecule has 3 fully saturated rings. The zero-order chi connectivity index (χ0) is 20.4. The lowest BCUT2D eigenvalue weighted by Gasteiger charge is -2.26. The average molecular weight is 420 g/mol. The molecule has 7 heteroatoms. The standard InChI is InChI=1S/C22H30ClN3O3/c1-29-20-6-5-17(13-18(20)23)14-21(27)25-9-2-8-24(11-12-25)19-7-10-26(22(19)28)15-16-3-4-16/h5-6,13,16,19H,2-4,7-12,14-15H2,1H3/t19-/m0/s1. The molecule has 2 amide bonds. The maximum Gasteiger partial charge on any atom is 0.240 e. The van der Waals surface area contributed by atoms with Crippen LogP contribution in [0.2, 0.25) is 5.02 Å². The van der Waals surface area contributed by atoms with Gasteiger partial charge >= 0.3 is 0 Å². The van der Waals surface area contributed by atoms with E-state index in [1.807, 2.05) is 11.0 Å². The molecule has 4 rings (SSSR count). The summed E-state index contributed by atoms with van der Waals surface area (Å²) in [5.74, 6) is 1.76. The maximum atomic E-state index is 12.8. The third-order valence-corrected chi connectivity index (χ3v) is 6.64. The maximum absolute atomic E-state index is 12.8. The lowest BCUT2D eigenvalue weighted by Crippen LogP contribution is -2.44. The molecule has 2 aliphatic heterocycles. The Morgan fingerprint density at radius 3 is 2.69 bits per heavy atom. The van der Waals surface area contributed by atoms with Crippen molar-refractivity contribution in [3.8, 4) is 5.75 Å². The van der Waals surface area contributed by atoms with Crippen LogP contribution in [-0.4, -0.2) is 78.9 Å². The second-order valence-electron chi connectivity index (χ2n) is 8.45. The van der Waals surface area contributed by atoms with Crippen LogP contribution in [0.3, 0.4) is 0 Å². The fraction of sp³-hybridized carbons (Fsp3) is 0.636. The number of nitrogens with zero attached hydrogens (tertiary/aromatic N) is 3. The van der Waals surface area contributed by atoms with Crippen molar-refractivity contribution in [2.75, 3.05) is 46.4 Å². The highest BCUT2D eigenvalue weighted by Gasteiger charge is 2.38. The molecule has 0 unspecified atom stereocenters. The highest BCUT2D eigenvalue weighted by atomic mass is 35.5. The van der Waals surface area contributed by atoms with Crippen molar-refractivity contribution < 1.29 is 14.3 Å². The summed E-state index contributed by atoms with van der Waals surface area (Å²) in [6.07, 6.45) is 4.70. The number of hydrogen-bond donors (Lipinski definition) is 0. The summed E-state index contributed by atoms with van der Waals surface area (Å²) in [6, 6.07) is 5.49. The van der Waals surface area contributed by atoms with Crippen LogP contribution in [0, 0.1) is 5.92 Å². The predicted molar refractivity (Wildman–Crippen MR) is 112 cm³/mol. The SMILES string of the molecule is COc1ccc(CC(=O)N2CCCN([C@H]3CCN(CC4CC4)C3=O)CC2)cc1Cl. The number of methoxy groups -OCH3 is 1. The molecule has 0 N–H and O–H groups in total. The predicted octanol–water partition coefficient (Wildman–Crippen LogP) is 2.44. The second-order valence-corrected chi connectivity index (χ2v) is 8.86. The summed E-state index contributed by atoms with van der Waals surface area (Å²) < 4.78 is 5.18. The largest absolute Gasteiger partial charge is 0.495 e. The van der Waals surface area contributed by atoms with E-state index in [1.165, 1.54) is 12.8 Å². The highest BCUT2D eigenvalue weighted by Crippen LogP contribution is 2.32. The van der Waals surface area contributed by atoms with Crippen molar-refractivity contribution in [2.45, 2.75) is 38.1 Å². The fourth-order valence-corrected chi connectivity index (χ4v) is 4.74. The van der Waals surface area contributed by atoms with E-state index in [4.69, 9.17) is 16.3 Å². The zero-order valence-corrected chi connectivity index (χ0v) is 17.9. The van der Waals surface area contributed by atoms with E-state index in [9.17, 15) is 9.59 Å². The molecule has 2 heterocycles. The van der Waals surface area contributed by atoms with Gasteiger partial charge in [-0.3, -0.25) is 14.5 Å². The van der Waals surface area contributed by atoms with Gasteiger partial charge < -0.3 is 14.5 Å². The van der Waals surface area contributed by atoms with Crippen LogP contribution in [0.25, 0.3) is 0 Å². The molecule has 3 aliphatic rings. The molecule has 0 radical (unpaired) electrons. The summed E-state index contributed by atoms with van der Waals surface area (Å²) in [5.41, 5.74) is 0.892. The average Bonchev–Trinajstić information content (AvgIpc) is 3.49. The topological polar surface area (TPSA) is 53.1 Å². The number of ether oxygens (including phenoxy) is 1. The molecule has 29 heavy (non-hydrogen) atoms. The van der Waals surface area contributed by atoms with E-state index in [2.05, 4.69) is 9.80 Å². The Kier molecular flexibility index (Phi) is 6.30. The van der Waals surface area contributed by atoms with Crippen LogP contribution >= 0.6 is 11.6 Å². The monoisotopic (exact) mass is 419 g/mol. The van der Waals surface area contributed by atoms with Crippen LogP contribution in [-0.2, 0) is 16.0 Å². The zero-order valence-electron chi connectivity index (χ0n) is 17.1. The van der Waals surface area contributed by atoms with Crippen LogP contribution in [0.5, 0.6) is 5.75 Å². The van der Waals surface area contributed by atoms with E-state index in [1.54, 1.807) is 19.2 Å². The molecule has 0 aromatic heterocycles. The minimum absolute atomic E-state index is 0.00389. The van der Waals surface area contributed by atoms with Crippen LogP contribution in [0.1, 0.15) is 31.2 Å². The number of amides is 2. The van der Waals surface area contributed by atoms with Crippen molar-refractivity contribution >= 4 is 23.4 Å². The number of carbonyl (C=O) groups excluding carboxylic acids is 2. The Bertz CT molecular complexity index is 768. The molecule has 0 bridgehead atoms. The van der Waals surface area contributed by atoms with Crippen LogP contribution < -0.4 is 4.74 Å². The Labute approximate surface area is 177 Å². The summed E-state index contributed by atoms with van der Waals surface area (Å²) in [6.45, 7) is 4.89. The fourth-order valence-electron chi connectivity index (χ4n) is 4.46. The Hall–Kier alpha value is -1.79. The number of rotatable bonds is 6. The molecule has 1 saturated carbocycles. The van der Waals surface area contributed by atoms with Gasteiger partial charge in [-0.25, -0.2) is 0 Å². The van der Waals surface area contributed by atoms with Gasteiger partial charge in [0, 0.05) is 39.3 Å². The molecular weight excluding hydrogens is 390 g/mol. The number of hydrogen-bond acceptors (Lipinski definition) is 4. The van der Waals surface area contributed by atoms with Gasteiger partial charge in [0.05, 0.1) is 24.6 Å². The second kappa shape index (κ2) is 8.92. The first-order chi connectivity index (χ1) is 14.0. The molecule has 0 spiro atoms. The summed E-state index contributed by atoms with van der Waals surface area (Å²) in [7, 11) is 1.58. The minimum atomic E-state index is 0.00389. The van der Waals surface area contributed by atoms with E-state index in [0.717, 1.165) is 57.0 Å². The molecule has 1 atom stereocenters. The first kappa shape index (κ1) is 20.5. The van der Waals surface area contributed by atoms with Gasteiger partial charge in [-0.1, -0.05) is 17.7 Å². The van der Waals surface area contributed by atoms with E-state index in [0.29, 0.717) is 29.6 Å². The molecule has 158 valence electrons. The molecule has 1 aliphatic carbocycles. The molecule has 6 nitrogen and oxygen atoms in total. The van der Waals surface area contributed by atoms with Crippen molar-refractivity contribution in [2.24, 2.45) is 5.92 Å². The number of benzene rings is 1. The molecule has 1 aromatic carbocycles. The summed E-state index contributed by atoms with van der Waals surface area (Å²) in [4.78, 5) is 31.9. The minimum Gasteiger partial charge on any atom is -0.495 e.